The van der Waals surface area contributed by atoms with E-state index in [4.69, 9.17) is 5.11 Å². The highest BCUT2D eigenvalue weighted by Crippen LogP contribution is 2.30. The van der Waals surface area contributed by atoms with E-state index >= 15 is 0 Å². The number of urea groups is 1. The number of alkyl halides is 3. The molecule has 0 aliphatic heterocycles. The molecule has 0 aliphatic rings. The second kappa shape index (κ2) is 5.07. The molecule has 17 heavy (non-hydrogen) atoms. The molecule has 98 valence electrons. The number of nitrogens with one attached hydrogen (secondary N) is 2. The summed E-state index contributed by atoms with van der Waals surface area (Å²) in [5.74, 6) is -2.19. The van der Waals surface area contributed by atoms with Crippen LogP contribution in [-0.2, 0) is 4.79 Å². The first-order valence-electron chi connectivity index (χ1n) is 4.56. The Morgan fingerprint density at radius 2 is 1.88 bits per heavy atom. The van der Waals surface area contributed by atoms with Gasteiger partial charge in [0.25, 0.3) is 0 Å². The quantitative estimate of drug-likeness (QED) is 0.661. The Morgan fingerprint density at radius 3 is 2.18 bits per heavy atom. The molecule has 0 aliphatic carbocycles. The lowest BCUT2D eigenvalue weighted by Crippen LogP contribution is -2.64. The molecule has 2 unspecified atom stereocenters. The lowest BCUT2D eigenvalue weighted by atomic mass is 10.0. The van der Waals surface area contributed by atoms with E-state index in [2.05, 4.69) is 11.9 Å². The van der Waals surface area contributed by atoms with Gasteiger partial charge in [0.05, 0.1) is 0 Å². The van der Waals surface area contributed by atoms with Crippen molar-refractivity contribution < 1.29 is 27.9 Å². The SMILES string of the molecule is C=CC(C)NC(=O)NC(C)(C(=O)O)C(F)(F)F. The number of carboxylic acids is 1. The van der Waals surface area contributed by atoms with Crippen molar-refractivity contribution in [3.8, 4) is 0 Å². The summed E-state index contributed by atoms with van der Waals surface area (Å²) in [6, 6.07) is -1.82. The maximum atomic E-state index is 12.5. The molecule has 0 bridgehead atoms. The van der Waals surface area contributed by atoms with E-state index in [9.17, 15) is 22.8 Å². The number of amides is 2. The average molecular weight is 254 g/mol. The predicted molar refractivity (Wildman–Crippen MR) is 53.4 cm³/mol. The molecule has 0 saturated carbocycles. The molecule has 3 N–H and O–H groups in total. The minimum absolute atomic E-state index is 0.369. The van der Waals surface area contributed by atoms with Gasteiger partial charge in [-0.15, -0.1) is 6.58 Å². The second-order valence-corrected chi connectivity index (χ2v) is 3.55. The van der Waals surface area contributed by atoms with Crippen LogP contribution in [0, 0.1) is 0 Å². The van der Waals surface area contributed by atoms with E-state index in [0.29, 0.717) is 6.92 Å². The lowest BCUT2D eigenvalue weighted by molar-refractivity contribution is -0.203. The number of hydrogen-bond acceptors (Lipinski definition) is 2. The highest BCUT2D eigenvalue weighted by molar-refractivity contribution is 5.86. The molecule has 0 radical (unpaired) electrons. The molecule has 5 nitrogen and oxygen atoms in total. The van der Waals surface area contributed by atoms with Gasteiger partial charge in [-0.25, -0.2) is 9.59 Å². The Balaban J connectivity index is 4.86. The Bertz CT molecular complexity index is 330. The number of hydrogen-bond donors (Lipinski definition) is 3. The molecule has 0 saturated heterocycles. The zero-order valence-corrected chi connectivity index (χ0v) is 9.26. The third-order valence-electron chi connectivity index (χ3n) is 2.07. The zero-order valence-electron chi connectivity index (χ0n) is 9.26. The molecule has 2 amide bonds. The van der Waals surface area contributed by atoms with Crippen molar-refractivity contribution in [1.29, 1.82) is 0 Å². The predicted octanol–water partition coefficient (Wildman–Crippen LogP) is 1.27. The smallest absolute Gasteiger partial charge is 0.422 e. The van der Waals surface area contributed by atoms with Crippen LogP contribution < -0.4 is 10.6 Å². The van der Waals surface area contributed by atoms with Gasteiger partial charge in [-0.1, -0.05) is 6.08 Å². The number of aliphatic carboxylic acids is 1. The van der Waals surface area contributed by atoms with Crippen molar-refractivity contribution >= 4 is 12.0 Å². The minimum atomic E-state index is -5.10. The maximum absolute atomic E-state index is 12.5. The molecule has 0 aromatic heterocycles. The number of carbonyl (C=O) groups excluding carboxylic acids is 1. The van der Waals surface area contributed by atoms with Gasteiger partial charge >= 0.3 is 18.2 Å². The first-order chi connectivity index (χ1) is 7.54. The molecule has 0 spiro atoms. The Labute approximate surface area is 95.7 Å². The fraction of sp³-hybridized carbons (Fsp3) is 0.556. The van der Waals surface area contributed by atoms with Crippen LogP contribution in [-0.4, -0.2) is 34.9 Å². The van der Waals surface area contributed by atoms with Gasteiger partial charge in [0.2, 0.25) is 5.54 Å². The summed E-state index contributed by atoms with van der Waals surface area (Å²) in [5.41, 5.74) is -3.34. The van der Waals surface area contributed by atoms with Crippen molar-refractivity contribution in [3.05, 3.63) is 12.7 Å². The average Bonchev–Trinajstić information content (AvgIpc) is 2.14. The van der Waals surface area contributed by atoms with E-state index in [0.717, 1.165) is 0 Å². The number of halogens is 3. The summed E-state index contributed by atoms with van der Waals surface area (Å²) in [5, 5.41) is 12.0. The summed E-state index contributed by atoms with van der Waals surface area (Å²) in [6.45, 7) is 5.15. The molecule has 0 rings (SSSR count). The molecule has 2 atom stereocenters. The Hall–Kier alpha value is -1.73. The van der Waals surface area contributed by atoms with Crippen LogP contribution in [0.2, 0.25) is 0 Å². The Morgan fingerprint density at radius 1 is 1.41 bits per heavy atom. The fourth-order valence-electron chi connectivity index (χ4n) is 0.774. The van der Waals surface area contributed by atoms with Gasteiger partial charge < -0.3 is 15.7 Å². The third-order valence-corrected chi connectivity index (χ3v) is 2.07. The van der Waals surface area contributed by atoms with Crippen LogP contribution in [0.1, 0.15) is 13.8 Å². The van der Waals surface area contributed by atoms with E-state index in [1.165, 1.54) is 18.3 Å². The van der Waals surface area contributed by atoms with Crippen molar-refractivity contribution in [2.24, 2.45) is 0 Å². The molecule has 0 aromatic carbocycles. The van der Waals surface area contributed by atoms with Gasteiger partial charge in [-0.05, 0) is 13.8 Å². The normalized spacial score (nSPS) is 16.5. The summed E-state index contributed by atoms with van der Waals surface area (Å²) >= 11 is 0. The van der Waals surface area contributed by atoms with E-state index in [-0.39, 0.29) is 0 Å². The lowest BCUT2D eigenvalue weighted by Gasteiger charge is -2.28. The monoisotopic (exact) mass is 254 g/mol. The summed E-state index contributed by atoms with van der Waals surface area (Å²) in [6.07, 6.45) is -3.82. The molecule has 0 heterocycles. The molecular weight excluding hydrogens is 241 g/mol. The van der Waals surface area contributed by atoms with Crippen molar-refractivity contribution in [1.82, 2.24) is 10.6 Å². The van der Waals surface area contributed by atoms with Gasteiger partial charge in [-0.2, -0.15) is 13.2 Å². The number of carbonyl (C=O) groups is 2. The van der Waals surface area contributed by atoms with Crippen molar-refractivity contribution in [2.75, 3.05) is 0 Å². The highest BCUT2D eigenvalue weighted by Gasteiger charge is 2.58. The largest absolute Gasteiger partial charge is 0.479 e. The minimum Gasteiger partial charge on any atom is -0.479 e. The zero-order chi connectivity index (χ0) is 13.9. The third kappa shape index (κ3) is 3.65. The standard InChI is InChI=1S/C9H13F3N2O3/c1-4-5(2)13-7(17)14-8(3,6(15)16)9(10,11)12/h4-5H,1H2,2-3H3,(H,15,16)(H2,13,14,17). The van der Waals surface area contributed by atoms with Crippen LogP contribution in [0.25, 0.3) is 0 Å². The summed E-state index contributed by atoms with van der Waals surface area (Å²) in [4.78, 5) is 21.7. The topological polar surface area (TPSA) is 78.4 Å². The first kappa shape index (κ1) is 15.3. The maximum Gasteiger partial charge on any atom is 0.422 e. The van der Waals surface area contributed by atoms with Gasteiger partial charge in [0.15, 0.2) is 0 Å². The van der Waals surface area contributed by atoms with E-state index in [1.807, 2.05) is 0 Å². The van der Waals surface area contributed by atoms with Gasteiger partial charge in [0, 0.05) is 6.04 Å². The molecular formula is C9H13F3N2O3. The fourth-order valence-corrected chi connectivity index (χ4v) is 0.774. The molecule has 0 aromatic rings. The van der Waals surface area contributed by atoms with Gasteiger partial charge in [0.1, 0.15) is 0 Å². The van der Waals surface area contributed by atoms with E-state index < -0.39 is 29.8 Å². The van der Waals surface area contributed by atoms with Crippen molar-refractivity contribution in [2.45, 2.75) is 31.6 Å². The van der Waals surface area contributed by atoms with Crippen LogP contribution in [0.15, 0.2) is 12.7 Å². The van der Waals surface area contributed by atoms with Crippen LogP contribution in [0.3, 0.4) is 0 Å². The van der Waals surface area contributed by atoms with Crippen LogP contribution in [0.5, 0.6) is 0 Å². The second-order valence-electron chi connectivity index (χ2n) is 3.55. The Kier molecular flexibility index (Phi) is 4.55. The van der Waals surface area contributed by atoms with Crippen LogP contribution >= 0.6 is 0 Å². The summed E-state index contributed by atoms with van der Waals surface area (Å²) < 4.78 is 37.5. The van der Waals surface area contributed by atoms with Crippen LogP contribution in [0.4, 0.5) is 18.0 Å². The summed E-state index contributed by atoms with van der Waals surface area (Å²) in [7, 11) is 0. The number of carboxylic acid groups (broad SMARTS) is 1. The van der Waals surface area contributed by atoms with Gasteiger partial charge in [-0.3, -0.25) is 0 Å². The first-order valence-corrected chi connectivity index (χ1v) is 4.56. The highest BCUT2D eigenvalue weighted by atomic mass is 19.4. The van der Waals surface area contributed by atoms with Crippen molar-refractivity contribution in [3.63, 3.8) is 0 Å². The number of rotatable bonds is 4. The molecule has 8 heteroatoms. The molecule has 0 fully saturated rings. The van der Waals surface area contributed by atoms with E-state index in [1.54, 1.807) is 0 Å².